The number of hydrogen-bond donors (Lipinski definition) is 2. The zero-order chi connectivity index (χ0) is 16.2. The number of benzene rings is 1. The third-order valence-corrected chi connectivity index (χ3v) is 5.18. The van der Waals surface area contributed by atoms with Gasteiger partial charge in [-0.1, -0.05) is 15.9 Å². The summed E-state index contributed by atoms with van der Waals surface area (Å²) < 4.78 is 38.7. The summed E-state index contributed by atoms with van der Waals surface area (Å²) in [5.41, 5.74) is -0.194. The second-order valence-electron chi connectivity index (χ2n) is 4.29. The summed E-state index contributed by atoms with van der Waals surface area (Å²) in [5, 5.41) is 17.8. The molecule has 2 N–H and O–H groups in total. The van der Waals surface area contributed by atoms with Crippen LogP contribution >= 0.6 is 15.9 Å². The van der Waals surface area contributed by atoms with Gasteiger partial charge in [-0.15, -0.1) is 0 Å². The number of amides is 1. The zero-order valence-corrected chi connectivity index (χ0v) is 13.3. The van der Waals surface area contributed by atoms with Gasteiger partial charge in [0.2, 0.25) is 0 Å². The van der Waals surface area contributed by atoms with Gasteiger partial charge in [-0.2, -0.15) is 5.26 Å². The van der Waals surface area contributed by atoms with E-state index in [9.17, 15) is 17.6 Å². The number of hydrogen-bond acceptors (Lipinski definition) is 4. The molecule has 0 aliphatic carbocycles. The van der Waals surface area contributed by atoms with E-state index in [-0.39, 0.29) is 5.56 Å². The number of carbonyl (C=O) groups is 1. The Hall–Kier alpha value is -1.66. The monoisotopic (exact) mass is 378 g/mol. The molecule has 0 bridgehead atoms. The van der Waals surface area contributed by atoms with Crippen molar-refractivity contribution in [3.8, 4) is 6.07 Å². The Bertz CT molecular complexity index is 687. The third-order valence-electron chi connectivity index (χ3n) is 2.72. The fourth-order valence-corrected chi connectivity index (χ4v) is 3.95. The first-order valence-electron chi connectivity index (χ1n) is 5.72. The molecule has 114 valence electrons. The van der Waals surface area contributed by atoms with Crippen LogP contribution in [-0.2, 0) is 9.84 Å². The molecule has 21 heavy (non-hydrogen) atoms. The van der Waals surface area contributed by atoms with E-state index in [2.05, 4.69) is 15.9 Å². The maximum atomic E-state index is 13.9. The maximum Gasteiger partial charge on any atom is 0.404 e. The van der Waals surface area contributed by atoms with Crippen molar-refractivity contribution in [1.29, 1.82) is 5.26 Å². The van der Waals surface area contributed by atoms with Crippen molar-refractivity contribution in [3.05, 3.63) is 34.1 Å². The normalized spacial score (nSPS) is 14.0. The number of rotatable bonds is 5. The van der Waals surface area contributed by atoms with Crippen molar-refractivity contribution >= 4 is 31.9 Å². The quantitative estimate of drug-likeness (QED) is 0.816. The van der Waals surface area contributed by atoms with Crippen LogP contribution in [0.4, 0.5) is 9.18 Å². The molecule has 1 amide bonds. The average molecular weight is 379 g/mol. The largest absolute Gasteiger partial charge is 0.465 e. The third kappa shape index (κ3) is 4.41. The number of halogens is 2. The Morgan fingerprint density at radius 1 is 1.57 bits per heavy atom. The molecule has 0 spiro atoms. The second kappa shape index (κ2) is 6.87. The first-order chi connectivity index (χ1) is 9.69. The molecule has 6 nitrogen and oxygen atoms in total. The molecule has 1 aromatic carbocycles. The fourth-order valence-electron chi connectivity index (χ4n) is 1.96. The van der Waals surface area contributed by atoms with E-state index in [0.29, 0.717) is 4.47 Å². The van der Waals surface area contributed by atoms with Crippen LogP contribution in [0.3, 0.4) is 0 Å². The van der Waals surface area contributed by atoms with Gasteiger partial charge in [0.15, 0.2) is 9.84 Å². The lowest BCUT2D eigenvalue weighted by Crippen LogP contribution is -2.40. The number of nitrogens with one attached hydrogen (secondary N) is 1. The van der Waals surface area contributed by atoms with E-state index in [0.717, 1.165) is 6.07 Å². The molecule has 1 aromatic rings. The molecule has 2 unspecified atom stereocenters. The standard InChI is InChI=1S/C12H12BrFN2O4S/c1-7(16-12(17)18)11(21(19,20)5-4-15)9-6-8(13)2-3-10(9)14/h2-3,6-7,11,16H,5H2,1H3,(H,17,18). The average Bonchev–Trinajstić information content (AvgIpc) is 2.32. The van der Waals surface area contributed by atoms with Gasteiger partial charge in [0.25, 0.3) is 0 Å². The fraction of sp³-hybridized carbons (Fsp3) is 0.333. The zero-order valence-electron chi connectivity index (χ0n) is 10.9. The molecular weight excluding hydrogens is 367 g/mol. The van der Waals surface area contributed by atoms with Crippen molar-refractivity contribution in [3.63, 3.8) is 0 Å². The molecule has 0 saturated carbocycles. The van der Waals surface area contributed by atoms with Crippen LogP contribution in [0.15, 0.2) is 22.7 Å². The van der Waals surface area contributed by atoms with Crippen LogP contribution in [0.5, 0.6) is 0 Å². The molecule has 1 rings (SSSR count). The Morgan fingerprint density at radius 3 is 2.71 bits per heavy atom. The second-order valence-corrected chi connectivity index (χ2v) is 7.33. The predicted molar refractivity (Wildman–Crippen MR) is 76.9 cm³/mol. The summed E-state index contributed by atoms with van der Waals surface area (Å²) in [6.07, 6.45) is -1.44. The van der Waals surface area contributed by atoms with Crippen LogP contribution < -0.4 is 5.32 Å². The minimum atomic E-state index is -4.06. The van der Waals surface area contributed by atoms with Crippen LogP contribution in [0.2, 0.25) is 0 Å². The van der Waals surface area contributed by atoms with Crippen LogP contribution in [0, 0.1) is 17.1 Å². The molecule has 2 atom stereocenters. The van der Waals surface area contributed by atoms with E-state index in [4.69, 9.17) is 10.4 Å². The highest BCUT2D eigenvalue weighted by molar-refractivity contribution is 9.10. The van der Waals surface area contributed by atoms with Gasteiger partial charge >= 0.3 is 6.09 Å². The van der Waals surface area contributed by atoms with Gasteiger partial charge in [-0.05, 0) is 25.1 Å². The van der Waals surface area contributed by atoms with Gasteiger partial charge in [0, 0.05) is 10.0 Å². The van der Waals surface area contributed by atoms with E-state index < -0.39 is 38.8 Å². The molecular formula is C12H12BrFN2O4S. The van der Waals surface area contributed by atoms with E-state index in [1.165, 1.54) is 25.1 Å². The predicted octanol–water partition coefficient (Wildman–Crippen LogP) is 2.22. The lowest BCUT2D eigenvalue weighted by atomic mass is 10.1. The number of nitrogens with zero attached hydrogens (tertiary/aromatic N) is 1. The topological polar surface area (TPSA) is 107 Å². The van der Waals surface area contributed by atoms with Gasteiger partial charge < -0.3 is 10.4 Å². The van der Waals surface area contributed by atoms with Crippen molar-refractivity contribution < 1.29 is 22.7 Å². The van der Waals surface area contributed by atoms with E-state index >= 15 is 0 Å². The molecule has 0 saturated heterocycles. The Morgan fingerprint density at radius 2 is 2.19 bits per heavy atom. The Labute approximate surface area is 129 Å². The van der Waals surface area contributed by atoms with Crippen molar-refractivity contribution in [1.82, 2.24) is 5.32 Å². The van der Waals surface area contributed by atoms with Gasteiger partial charge in [-0.25, -0.2) is 17.6 Å². The minimum absolute atomic E-state index is 0.194. The molecule has 9 heteroatoms. The smallest absolute Gasteiger partial charge is 0.404 e. The van der Waals surface area contributed by atoms with Crippen molar-refractivity contribution in [2.75, 3.05) is 5.75 Å². The van der Waals surface area contributed by atoms with E-state index in [1.807, 2.05) is 5.32 Å². The first kappa shape index (κ1) is 17.4. The Kier molecular flexibility index (Phi) is 5.69. The van der Waals surface area contributed by atoms with Gasteiger partial charge in [-0.3, -0.25) is 0 Å². The number of sulfone groups is 1. The van der Waals surface area contributed by atoms with Crippen LogP contribution in [0.1, 0.15) is 17.7 Å². The summed E-state index contributed by atoms with van der Waals surface area (Å²) in [5.74, 6) is -1.63. The summed E-state index contributed by atoms with van der Waals surface area (Å²) >= 11 is 3.11. The highest BCUT2D eigenvalue weighted by Crippen LogP contribution is 2.31. The molecule has 0 heterocycles. The van der Waals surface area contributed by atoms with E-state index in [1.54, 1.807) is 0 Å². The van der Waals surface area contributed by atoms with Gasteiger partial charge in [0.1, 0.15) is 16.8 Å². The summed E-state index contributed by atoms with van der Waals surface area (Å²) in [7, 11) is -4.06. The maximum absolute atomic E-state index is 13.9. The summed E-state index contributed by atoms with van der Waals surface area (Å²) in [6, 6.07) is 4.10. The van der Waals surface area contributed by atoms with Crippen LogP contribution in [-0.4, -0.2) is 31.4 Å². The highest BCUT2D eigenvalue weighted by Gasteiger charge is 2.35. The Balaban J connectivity index is 3.41. The lowest BCUT2D eigenvalue weighted by Gasteiger charge is -2.24. The molecule has 0 aliphatic heterocycles. The SMILES string of the molecule is CC(NC(=O)O)C(c1cc(Br)ccc1F)S(=O)(=O)CC#N. The first-order valence-corrected chi connectivity index (χ1v) is 8.23. The molecule has 0 fully saturated rings. The number of nitriles is 1. The minimum Gasteiger partial charge on any atom is -0.465 e. The van der Waals surface area contributed by atoms with Gasteiger partial charge in [0.05, 0.1) is 12.1 Å². The lowest BCUT2D eigenvalue weighted by molar-refractivity contribution is 0.190. The summed E-state index contributed by atoms with van der Waals surface area (Å²) in [6.45, 7) is 1.30. The molecule has 0 aromatic heterocycles. The summed E-state index contributed by atoms with van der Waals surface area (Å²) in [4.78, 5) is 10.7. The highest BCUT2D eigenvalue weighted by atomic mass is 79.9. The molecule has 0 aliphatic rings. The van der Waals surface area contributed by atoms with Crippen molar-refractivity contribution in [2.45, 2.75) is 18.2 Å². The number of carboxylic acid groups (broad SMARTS) is 1. The van der Waals surface area contributed by atoms with Crippen molar-refractivity contribution in [2.24, 2.45) is 0 Å². The van der Waals surface area contributed by atoms with Crippen LogP contribution in [0.25, 0.3) is 0 Å². The molecule has 0 radical (unpaired) electrons.